The lowest BCUT2D eigenvalue weighted by Crippen LogP contribution is -2.37. The molecule has 0 saturated carbocycles. The first kappa shape index (κ1) is 22.4. The normalized spacial score (nSPS) is 22.2. The van der Waals surface area contributed by atoms with Gasteiger partial charge < -0.3 is 14.2 Å². The molecule has 0 N–H and O–H groups in total. The third-order valence-electron chi connectivity index (χ3n) is 7.75. The summed E-state index contributed by atoms with van der Waals surface area (Å²) < 4.78 is 7.97. The molecule has 0 bridgehead atoms. The van der Waals surface area contributed by atoms with Gasteiger partial charge in [-0.25, -0.2) is 9.97 Å². The first-order valence-corrected chi connectivity index (χ1v) is 13.7. The summed E-state index contributed by atoms with van der Waals surface area (Å²) in [5.41, 5.74) is 1.33. The van der Waals surface area contributed by atoms with Gasteiger partial charge in [-0.15, -0.1) is 21.5 Å². The van der Waals surface area contributed by atoms with Crippen LogP contribution in [-0.2, 0) is 24.2 Å². The van der Waals surface area contributed by atoms with Crippen LogP contribution in [0.25, 0.3) is 10.2 Å². The molecule has 0 aliphatic carbocycles. The smallest absolute Gasteiger partial charge is 0.146 e. The van der Waals surface area contributed by atoms with E-state index >= 15 is 0 Å². The summed E-state index contributed by atoms with van der Waals surface area (Å²) in [6.07, 6.45) is 7.15. The van der Waals surface area contributed by atoms with E-state index in [0.717, 1.165) is 81.8 Å². The molecule has 6 rings (SSSR count). The monoisotopic (exact) mass is 481 g/mol. The van der Waals surface area contributed by atoms with Crippen molar-refractivity contribution in [2.45, 2.75) is 71.4 Å². The van der Waals surface area contributed by atoms with Crippen molar-refractivity contribution < 1.29 is 4.74 Å². The van der Waals surface area contributed by atoms with E-state index in [4.69, 9.17) is 19.8 Å². The number of fused-ring (bicyclic) bond motifs is 2. The van der Waals surface area contributed by atoms with E-state index in [0.29, 0.717) is 5.92 Å². The van der Waals surface area contributed by atoms with Crippen molar-refractivity contribution >= 4 is 27.4 Å². The molecule has 0 spiro atoms. The lowest BCUT2D eigenvalue weighted by atomic mass is 9.96. The molecular formula is C25H35N7OS. The molecule has 3 aromatic rings. The Morgan fingerprint density at radius 1 is 0.971 bits per heavy atom. The van der Waals surface area contributed by atoms with Crippen molar-refractivity contribution in [3.05, 3.63) is 27.9 Å². The van der Waals surface area contributed by atoms with E-state index in [1.165, 1.54) is 53.2 Å². The third-order valence-corrected chi connectivity index (χ3v) is 8.85. The zero-order valence-electron chi connectivity index (χ0n) is 20.4. The molecule has 1 atom stereocenters. The number of ether oxygens (including phenoxy) is 1. The van der Waals surface area contributed by atoms with Gasteiger partial charge in [-0.2, -0.15) is 0 Å². The first-order chi connectivity index (χ1) is 16.7. The zero-order chi connectivity index (χ0) is 23.1. The van der Waals surface area contributed by atoms with Crippen LogP contribution in [0.2, 0.25) is 0 Å². The quantitative estimate of drug-likeness (QED) is 0.561. The molecule has 2 fully saturated rings. The number of morpholine rings is 1. The summed E-state index contributed by atoms with van der Waals surface area (Å²) in [5.74, 6) is 4.84. The lowest BCUT2D eigenvalue weighted by Gasteiger charge is -2.34. The minimum absolute atomic E-state index is 0.404. The summed E-state index contributed by atoms with van der Waals surface area (Å²) >= 11 is 1.81. The van der Waals surface area contributed by atoms with Gasteiger partial charge in [-0.3, -0.25) is 4.90 Å². The molecular weight excluding hydrogens is 446 g/mol. The standard InChI is InChI=1S/C25H35N7OS/c1-17-18(2)34-25-22(17)24(26-20(27-25)16-30-11-13-33-14-12-30)31-9-6-7-19(15-31)23-29-28-21-8-4-3-5-10-32(21)23/h19H,3-16H2,1-2H3. The Morgan fingerprint density at radius 2 is 1.85 bits per heavy atom. The van der Waals surface area contributed by atoms with Crippen molar-refractivity contribution in [1.82, 2.24) is 29.6 Å². The second kappa shape index (κ2) is 9.51. The van der Waals surface area contributed by atoms with E-state index in [2.05, 4.69) is 33.3 Å². The molecule has 6 heterocycles. The van der Waals surface area contributed by atoms with Gasteiger partial charge in [0.2, 0.25) is 0 Å². The number of hydrogen-bond donors (Lipinski definition) is 0. The molecule has 3 aliphatic rings. The fourth-order valence-electron chi connectivity index (χ4n) is 5.72. The summed E-state index contributed by atoms with van der Waals surface area (Å²) in [7, 11) is 0. The van der Waals surface area contributed by atoms with E-state index in [1.807, 2.05) is 0 Å². The van der Waals surface area contributed by atoms with Gasteiger partial charge in [0, 0.05) is 49.9 Å². The van der Waals surface area contributed by atoms with Crippen LogP contribution >= 0.6 is 11.3 Å². The van der Waals surface area contributed by atoms with Crippen molar-refractivity contribution in [3.63, 3.8) is 0 Å². The summed E-state index contributed by atoms with van der Waals surface area (Å²) in [6, 6.07) is 0. The van der Waals surface area contributed by atoms with E-state index in [1.54, 1.807) is 11.3 Å². The van der Waals surface area contributed by atoms with Crippen LogP contribution in [0.15, 0.2) is 0 Å². The predicted octanol–water partition coefficient (Wildman–Crippen LogP) is 3.84. The molecule has 182 valence electrons. The number of anilines is 1. The summed E-state index contributed by atoms with van der Waals surface area (Å²) in [6.45, 7) is 11.8. The van der Waals surface area contributed by atoms with Crippen molar-refractivity contribution in [1.29, 1.82) is 0 Å². The number of thiophene rings is 1. The zero-order valence-corrected chi connectivity index (χ0v) is 21.2. The number of hydrogen-bond acceptors (Lipinski definition) is 8. The highest BCUT2D eigenvalue weighted by molar-refractivity contribution is 7.18. The maximum Gasteiger partial charge on any atom is 0.146 e. The fourth-order valence-corrected chi connectivity index (χ4v) is 6.76. The average Bonchev–Trinajstić information content (AvgIpc) is 3.29. The predicted molar refractivity (Wildman–Crippen MR) is 135 cm³/mol. The number of piperidine rings is 1. The van der Waals surface area contributed by atoms with E-state index in [-0.39, 0.29) is 0 Å². The molecule has 0 aromatic carbocycles. The Bertz CT molecular complexity index is 1170. The largest absolute Gasteiger partial charge is 0.379 e. The Kier molecular flexibility index (Phi) is 6.26. The van der Waals surface area contributed by atoms with Crippen LogP contribution in [0.1, 0.15) is 65.9 Å². The molecule has 3 aromatic heterocycles. The van der Waals surface area contributed by atoms with Crippen molar-refractivity contribution in [2.24, 2.45) is 0 Å². The second-order valence-corrected chi connectivity index (χ2v) is 11.2. The van der Waals surface area contributed by atoms with Crippen LogP contribution in [0, 0.1) is 13.8 Å². The Morgan fingerprint density at radius 3 is 2.74 bits per heavy atom. The molecule has 0 amide bonds. The summed E-state index contributed by atoms with van der Waals surface area (Å²) in [5, 5.41) is 10.5. The number of nitrogens with zero attached hydrogens (tertiary/aromatic N) is 7. The SMILES string of the molecule is Cc1sc2nc(CN3CCOCC3)nc(N3CCCC(c4nnc5n4CCCCC5)C3)c2c1C. The molecule has 8 nitrogen and oxygen atoms in total. The molecule has 2 saturated heterocycles. The molecule has 9 heteroatoms. The van der Waals surface area contributed by atoms with Crippen LogP contribution in [-0.4, -0.2) is 69.0 Å². The Hall–Kier alpha value is -2.10. The van der Waals surface area contributed by atoms with Gasteiger partial charge in [0.1, 0.15) is 28.1 Å². The van der Waals surface area contributed by atoms with Gasteiger partial charge in [0.15, 0.2) is 0 Å². The highest BCUT2D eigenvalue weighted by atomic mass is 32.1. The van der Waals surface area contributed by atoms with Crippen LogP contribution < -0.4 is 4.90 Å². The third kappa shape index (κ3) is 4.22. The van der Waals surface area contributed by atoms with Gasteiger partial charge in [-0.1, -0.05) is 6.42 Å². The molecule has 1 unspecified atom stereocenters. The summed E-state index contributed by atoms with van der Waals surface area (Å²) in [4.78, 5) is 17.6. The van der Waals surface area contributed by atoms with Gasteiger partial charge in [0.05, 0.1) is 25.1 Å². The minimum atomic E-state index is 0.404. The molecule has 3 aliphatic heterocycles. The molecule has 0 radical (unpaired) electrons. The average molecular weight is 482 g/mol. The number of rotatable bonds is 4. The van der Waals surface area contributed by atoms with Gasteiger partial charge in [-0.05, 0) is 45.1 Å². The minimum Gasteiger partial charge on any atom is -0.379 e. The van der Waals surface area contributed by atoms with E-state index < -0.39 is 0 Å². The lowest BCUT2D eigenvalue weighted by molar-refractivity contribution is 0.0331. The van der Waals surface area contributed by atoms with Crippen molar-refractivity contribution in [3.8, 4) is 0 Å². The Labute approximate surface area is 205 Å². The fraction of sp³-hybridized carbons (Fsp3) is 0.680. The topological polar surface area (TPSA) is 72.2 Å². The van der Waals surface area contributed by atoms with Crippen LogP contribution in [0.5, 0.6) is 0 Å². The van der Waals surface area contributed by atoms with E-state index in [9.17, 15) is 0 Å². The number of aromatic nitrogens is 5. The maximum atomic E-state index is 5.54. The number of aryl methyl sites for hydroxylation is 3. The van der Waals surface area contributed by atoms with Gasteiger partial charge in [0.25, 0.3) is 0 Å². The van der Waals surface area contributed by atoms with Crippen LogP contribution in [0.3, 0.4) is 0 Å². The second-order valence-electron chi connectivity index (χ2n) is 10.0. The highest BCUT2D eigenvalue weighted by Crippen LogP contribution is 2.38. The van der Waals surface area contributed by atoms with Gasteiger partial charge >= 0.3 is 0 Å². The molecule has 34 heavy (non-hydrogen) atoms. The first-order valence-electron chi connectivity index (χ1n) is 12.9. The maximum absolute atomic E-state index is 5.54. The van der Waals surface area contributed by atoms with Crippen LogP contribution in [0.4, 0.5) is 5.82 Å². The highest BCUT2D eigenvalue weighted by Gasteiger charge is 2.30. The van der Waals surface area contributed by atoms with Crippen molar-refractivity contribution in [2.75, 3.05) is 44.3 Å². The Balaban J connectivity index is 1.33.